The van der Waals surface area contributed by atoms with E-state index < -0.39 is 18.0 Å². The molecule has 5 atom stereocenters. The van der Waals surface area contributed by atoms with Crippen LogP contribution < -0.4 is 0 Å². The third kappa shape index (κ3) is 1.78. The zero-order valence-electron chi connectivity index (χ0n) is 10.6. The van der Waals surface area contributed by atoms with Gasteiger partial charge in [-0.1, -0.05) is 18.8 Å². The van der Waals surface area contributed by atoms with Gasteiger partial charge in [0.25, 0.3) is 0 Å². The first-order chi connectivity index (χ1) is 8.66. The smallest absolute Gasteiger partial charge is 0.172 e. The van der Waals surface area contributed by atoms with Crippen LogP contribution in [0.25, 0.3) is 0 Å². The summed E-state index contributed by atoms with van der Waals surface area (Å²) < 4.78 is 11.4. The summed E-state index contributed by atoms with van der Waals surface area (Å²) in [5, 5.41) is 19.6. The van der Waals surface area contributed by atoms with Gasteiger partial charge in [-0.25, -0.2) is 0 Å². The molecule has 1 spiro atoms. The highest BCUT2D eigenvalue weighted by atomic mass is 16.7. The molecule has 4 heteroatoms. The second kappa shape index (κ2) is 4.50. The van der Waals surface area contributed by atoms with Crippen LogP contribution in [0.3, 0.4) is 0 Å². The zero-order valence-corrected chi connectivity index (χ0v) is 10.6. The summed E-state index contributed by atoms with van der Waals surface area (Å²) in [5.41, 5.74) is 0. The van der Waals surface area contributed by atoms with Crippen molar-refractivity contribution in [3.05, 3.63) is 0 Å². The Labute approximate surface area is 107 Å². The number of ether oxygens (including phenoxy) is 2. The van der Waals surface area contributed by atoms with E-state index in [-0.39, 0.29) is 11.8 Å². The molecule has 18 heavy (non-hydrogen) atoms. The molecule has 3 aliphatic rings. The van der Waals surface area contributed by atoms with E-state index in [9.17, 15) is 10.2 Å². The van der Waals surface area contributed by atoms with Gasteiger partial charge in [0.05, 0.1) is 19.3 Å². The Bertz CT molecular complexity index is 377. The monoisotopic (exact) mass is 252 g/mol. The molecule has 5 unspecified atom stereocenters. The van der Waals surface area contributed by atoms with Crippen LogP contribution in [0.5, 0.6) is 0 Å². The lowest BCUT2D eigenvalue weighted by Gasteiger charge is -2.48. The highest BCUT2D eigenvalue weighted by Crippen LogP contribution is 2.59. The Morgan fingerprint density at radius 3 is 2.78 bits per heavy atom. The van der Waals surface area contributed by atoms with Crippen LogP contribution in [-0.2, 0) is 9.47 Å². The van der Waals surface area contributed by atoms with Crippen LogP contribution in [0.1, 0.15) is 26.2 Å². The maximum atomic E-state index is 10.1. The Morgan fingerprint density at radius 1 is 1.39 bits per heavy atom. The third-order valence-corrected chi connectivity index (χ3v) is 4.55. The van der Waals surface area contributed by atoms with E-state index in [1.54, 1.807) is 0 Å². The van der Waals surface area contributed by atoms with Gasteiger partial charge >= 0.3 is 0 Å². The first kappa shape index (κ1) is 12.4. The molecule has 1 heterocycles. The van der Waals surface area contributed by atoms with E-state index in [2.05, 4.69) is 11.8 Å². The highest BCUT2D eigenvalue weighted by molar-refractivity contribution is 5.19. The molecule has 2 saturated carbocycles. The van der Waals surface area contributed by atoms with Gasteiger partial charge in [0.2, 0.25) is 0 Å². The minimum atomic E-state index is -0.579. The van der Waals surface area contributed by atoms with Gasteiger partial charge in [0.1, 0.15) is 6.10 Å². The zero-order chi connectivity index (χ0) is 12.8. The lowest BCUT2D eigenvalue weighted by atomic mass is 9.67. The molecular weight excluding hydrogens is 232 g/mol. The normalized spacial score (nSPS) is 41.9. The van der Waals surface area contributed by atoms with Crippen molar-refractivity contribution >= 4 is 0 Å². The van der Waals surface area contributed by atoms with E-state index in [4.69, 9.17) is 9.47 Å². The van der Waals surface area contributed by atoms with Crippen molar-refractivity contribution in [3.63, 3.8) is 0 Å². The fraction of sp³-hybridized carbons (Fsp3) is 0.857. The summed E-state index contributed by atoms with van der Waals surface area (Å²) in [5.74, 6) is 6.06. The summed E-state index contributed by atoms with van der Waals surface area (Å²) in [6.45, 7) is 3.21. The fourth-order valence-electron chi connectivity index (χ4n) is 3.51. The van der Waals surface area contributed by atoms with Gasteiger partial charge < -0.3 is 19.7 Å². The van der Waals surface area contributed by atoms with Gasteiger partial charge in [0.15, 0.2) is 5.79 Å². The molecule has 4 nitrogen and oxygen atoms in total. The van der Waals surface area contributed by atoms with E-state index in [0.717, 1.165) is 6.42 Å². The molecule has 3 rings (SSSR count). The molecule has 2 aliphatic carbocycles. The van der Waals surface area contributed by atoms with Gasteiger partial charge in [0, 0.05) is 18.3 Å². The number of fused-ring (bicyclic) bond motifs is 2. The van der Waals surface area contributed by atoms with E-state index in [1.807, 2.05) is 6.92 Å². The predicted octanol–water partition coefficient (Wildman–Crippen LogP) is 0.521. The molecular formula is C14H20O4. The number of aliphatic hydroxyl groups excluding tert-OH is 2. The van der Waals surface area contributed by atoms with Crippen LogP contribution >= 0.6 is 0 Å². The first-order valence-corrected chi connectivity index (χ1v) is 6.81. The van der Waals surface area contributed by atoms with Crippen LogP contribution in [0.15, 0.2) is 0 Å². The van der Waals surface area contributed by atoms with E-state index in [0.29, 0.717) is 32.0 Å². The topological polar surface area (TPSA) is 58.9 Å². The fourth-order valence-corrected chi connectivity index (χ4v) is 3.51. The molecule has 100 valence electrons. The predicted molar refractivity (Wildman–Crippen MR) is 64.4 cm³/mol. The molecule has 0 aromatic carbocycles. The maximum absolute atomic E-state index is 10.1. The largest absolute Gasteiger partial charge is 0.392 e. The van der Waals surface area contributed by atoms with Crippen molar-refractivity contribution in [1.82, 2.24) is 0 Å². The van der Waals surface area contributed by atoms with Crippen molar-refractivity contribution in [2.75, 3.05) is 13.2 Å². The van der Waals surface area contributed by atoms with Crippen molar-refractivity contribution in [2.24, 2.45) is 17.8 Å². The van der Waals surface area contributed by atoms with Crippen LogP contribution in [0, 0.1) is 29.6 Å². The maximum Gasteiger partial charge on any atom is 0.172 e. The molecule has 0 amide bonds. The molecule has 0 aromatic rings. The minimum Gasteiger partial charge on any atom is -0.392 e. The Kier molecular flexibility index (Phi) is 3.11. The Hall–Kier alpha value is -0.600. The summed E-state index contributed by atoms with van der Waals surface area (Å²) in [6, 6.07) is 0. The van der Waals surface area contributed by atoms with Crippen molar-refractivity contribution in [3.8, 4) is 11.8 Å². The molecule has 1 aliphatic heterocycles. The summed E-state index contributed by atoms with van der Waals surface area (Å²) in [7, 11) is 0. The number of aliphatic hydroxyl groups is 2. The molecule has 3 fully saturated rings. The van der Waals surface area contributed by atoms with Crippen molar-refractivity contribution in [1.29, 1.82) is 0 Å². The van der Waals surface area contributed by atoms with Crippen LogP contribution in [0.2, 0.25) is 0 Å². The molecule has 0 bridgehead atoms. The van der Waals surface area contributed by atoms with E-state index >= 15 is 0 Å². The average Bonchev–Trinajstić information content (AvgIpc) is 2.93. The van der Waals surface area contributed by atoms with Crippen molar-refractivity contribution < 1.29 is 19.7 Å². The molecule has 0 radical (unpaired) electrons. The van der Waals surface area contributed by atoms with Crippen LogP contribution in [-0.4, -0.2) is 41.4 Å². The summed E-state index contributed by atoms with van der Waals surface area (Å²) in [6.07, 6.45) is 1.16. The van der Waals surface area contributed by atoms with Crippen LogP contribution in [0.4, 0.5) is 0 Å². The second-order valence-electron chi connectivity index (χ2n) is 5.52. The van der Waals surface area contributed by atoms with Gasteiger partial charge in [-0.05, 0) is 18.8 Å². The number of hydrogen-bond acceptors (Lipinski definition) is 4. The summed E-state index contributed by atoms with van der Waals surface area (Å²) >= 11 is 0. The average molecular weight is 252 g/mol. The highest BCUT2D eigenvalue weighted by Gasteiger charge is 2.64. The third-order valence-electron chi connectivity index (χ3n) is 4.55. The molecule has 0 aromatic heterocycles. The standard InChI is InChI=1S/C14H20O4/c1-2-9(15)3-4-10-11-8-14(17-5-6-18-14)12(11)7-13(10)16/h9-13,15-16H,2,5-8H2,1H3. The minimum absolute atomic E-state index is 0.0328. The Morgan fingerprint density at radius 2 is 2.11 bits per heavy atom. The molecule has 1 saturated heterocycles. The second-order valence-corrected chi connectivity index (χ2v) is 5.52. The number of rotatable bonds is 1. The SMILES string of the molecule is CCC(O)C#CC1C(O)CC2C1CC21OCCO1. The quantitative estimate of drug-likeness (QED) is 0.668. The summed E-state index contributed by atoms with van der Waals surface area (Å²) in [4.78, 5) is 0. The lowest BCUT2D eigenvalue weighted by Crippen LogP contribution is -2.53. The van der Waals surface area contributed by atoms with Gasteiger partial charge in [-0.3, -0.25) is 0 Å². The lowest BCUT2D eigenvalue weighted by molar-refractivity contribution is -0.270. The van der Waals surface area contributed by atoms with E-state index in [1.165, 1.54) is 0 Å². The van der Waals surface area contributed by atoms with Crippen molar-refractivity contribution in [2.45, 2.75) is 44.2 Å². The van der Waals surface area contributed by atoms with Gasteiger partial charge in [-0.2, -0.15) is 0 Å². The first-order valence-electron chi connectivity index (χ1n) is 6.81. The van der Waals surface area contributed by atoms with Gasteiger partial charge in [-0.15, -0.1) is 0 Å². The number of hydrogen-bond donors (Lipinski definition) is 2. The molecule has 2 N–H and O–H groups in total. The Balaban J connectivity index is 1.70.